The summed E-state index contributed by atoms with van der Waals surface area (Å²) in [5.74, 6) is 0.773. The molecule has 3 heteroatoms. The predicted molar refractivity (Wildman–Crippen MR) is 23.1 cm³/mol. The molecule has 0 aromatic carbocycles. The third-order valence-corrected chi connectivity index (χ3v) is 1.09. The van der Waals surface area contributed by atoms with Crippen LogP contribution in [0, 0.1) is 0 Å². The van der Waals surface area contributed by atoms with Gasteiger partial charge in [0, 0.05) is 5.38 Å². The quantitative estimate of drug-likeness (QED) is 0.480. The molecule has 0 radical (unpaired) electrons. The lowest BCUT2D eigenvalue weighted by molar-refractivity contribution is 1.51. The maximum atomic E-state index is 5.11. The van der Waals surface area contributed by atoms with E-state index in [1.165, 1.54) is 11.5 Å². The lowest BCUT2D eigenvalue weighted by Gasteiger charge is -1.88. The van der Waals surface area contributed by atoms with Gasteiger partial charge in [-0.1, -0.05) is 11.5 Å². The van der Waals surface area contributed by atoms with Crippen molar-refractivity contribution in [1.29, 1.82) is 0 Å². The second-order valence-corrected chi connectivity index (χ2v) is 1.47. The Morgan fingerprint density at radius 1 is 2.00 bits per heavy atom. The molecule has 1 aromatic heterocycles. The molecule has 0 amide bonds. The van der Waals surface area contributed by atoms with Crippen LogP contribution in [-0.2, 0) is 0 Å². The van der Waals surface area contributed by atoms with Crippen LogP contribution in [0.3, 0.4) is 0 Å². The topological polar surface area (TPSA) is 41.8 Å². The molecule has 0 aliphatic heterocycles. The van der Waals surface area contributed by atoms with E-state index < -0.39 is 0 Å². The first-order chi connectivity index (χ1) is 2.39. The fraction of sp³-hybridized carbons (Fsp3) is 0. The van der Waals surface area contributed by atoms with Gasteiger partial charge in [-0.2, -0.15) is 0 Å². The molecule has 0 aliphatic rings. The largest absolute Gasteiger partial charge is 0.384 e. The van der Waals surface area contributed by atoms with E-state index in [4.69, 9.17) is 5.73 Å². The lowest BCUT2D eigenvalue weighted by atomic mass is 10.9. The van der Waals surface area contributed by atoms with Crippen LogP contribution in [0.2, 0.25) is 0 Å². The Bertz CT molecular complexity index is 89.8. The molecule has 28 valence electrons. The fourth-order valence-electron chi connectivity index (χ4n) is 0.127. The molecule has 0 saturated carbocycles. The van der Waals surface area contributed by atoms with E-state index >= 15 is 0 Å². The molecule has 5 heavy (non-hydrogen) atoms. The summed E-state index contributed by atoms with van der Waals surface area (Å²) in [6, 6.07) is 0. The zero-order valence-corrected chi connectivity index (χ0v) is 3.38. The fourth-order valence-corrected chi connectivity index (χ4v) is 0.381. The van der Waals surface area contributed by atoms with E-state index in [0.717, 1.165) is 5.82 Å². The maximum Gasteiger partial charge on any atom is 0.121 e. The first kappa shape index (κ1) is 2.78. The van der Waals surface area contributed by atoms with Crippen LogP contribution < -0.4 is 5.73 Å². The van der Waals surface area contributed by atoms with E-state index in [0.29, 0.717) is 0 Å². The molecular weight excluding hydrogens is 84.1 g/mol. The van der Waals surface area contributed by atoms with E-state index in [1.54, 1.807) is 0 Å². The van der Waals surface area contributed by atoms with E-state index in [9.17, 15) is 0 Å². The molecule has 0 saturated heterocycles. The summed E-state index contributed by atoms with van der Waals surface area (Å²) in [4.78, 5) is 0. The van der Waals surface area contributed by atoms with E-state index in [1.807, 2.05) is 5.38 Å². The zero-order valence-electron chi connectivity index (χ0n) is 2.56. The molecule has 0 unspecified atom stereocenters. The SMILES string of the molecule is Nc1cs[nH]1. The highest BCUT2D eigenvalue weighted by atomic mass is 32.1. The summed E-state index contributed by atoms with van der Waals surface area (Å²) in [5.41, 5.74) is 5.11. The summed E-state index contributed by atoms with van der Waals surface area (Å²) >= 11 is 1.51. The van der Waals surface area contributed by atoms with Crippen molar-refractivity contribution >= 4 is 17.4 Å². The maximum absolute atomic E-state index is 5.11. The van der Waals surface area contributed by atoms with Crippen molar-refractivity contribution in [3.63, 3.8) is 0 Å². The molecule has 0 aliphatic carbocycles. The number of aromatic nitrogens is 1. The van der Waals surface area contributed by atoms with Crippen LogP contribution in [0.1, 0.15) is 0 Å². The van der Waals surface area contributed by atoms with E-state index in [2.05, 4.69) is 4.37 Å². The van der Waals surface area contributed by atoms with Gasteiger partial charge in [-0.25, -0.2) is 0 Å². The zero-order chi connectivity index (χ0) is 3.70. The molecule has 1 aromatic rings. The molecule has 0 bridgehead atoms. The van der Waals surface area contributed by atoms with Crippen LogP contribution >= 0.6 is 11.5 Å². The summed E-state index contributed by atoms with van der Waals surface area (Å²) in [5, 5.41) is 1.85. The Morgan fingerprint density at radius 2 is 2.40 bits per heavy atom. The van der Waals surface area contributed by atoms with Gasteiger partial charge in [-0.3, -0.25) is 4.37 Å². The second-order valence-electron chi connectivity index (χ2n) is 0.793. The Morgan fingerprint density at radius 3 is 2.40 bits per heavy atom. The van der Waals surface area contributed by atoms with E-state index in [-0.39, 0.29) is 0 Å². The molecule has 1 heterocycles. The molecular formula is C2H4N2S. The minimum atomic E-state index is 0.773. The van der Waals surface area contributed by atoms with Crippen molar-refractivity contribution in [1.82, 2.24) is 4.37 Å². The minimum Gasteiger partial charge on any atom is -0.384 e. The monoisotopic (exact) mass is 88.0 g/mol. The standard InChI is InChI=1S/C2H4N2S/c3-2-1-5-4-2/h1,4H,3H2. The summed E-state index contributed by atoms with van der Waals surface area (Å²) < 4.78 is 2.76. The molecule has 1 rings (SSSR count). The highest BCUT2D eigenvalue weighted by Crippen LogP contribution is 2.01. The number of hydrogen-bond donors (Lipinski definition) is 2. The Labute approximate surface area is 33.8 Å². The predicted octanol–water partition coefficient (Wildman–Crippen LogP) is 0.658. The van der Waals surface area contributed by atoms with Gasteiger partial charge in [-0.15, -0.1) is 0 Å². The number of anilines is 1. The smallest absolute Gasteiger partial charge is 0.121 e. The number of rotatable bonds is 0. The number of nitrogen functional groups attached to an aromatic ring is 1. The summed E-state index contributed by atoms with van der Waals surface area (Å²) in [6.45, 7) is 0. The highest BCUT2D eigenvalue weighted by molar-refractivity contribution is 7.05. The third kappa shape index (κ3) is 0.280. The summed E-state index contributed by atoms with van der Waals surface area (Å²) in [7, 11) is 0. The Balaban J connectivity index is 2.83. The number of hydrogen-bond acceptors (Lipinski definition) is 2. The Hall–Kier alpha value is -0.440. The first-order valence-corrected chi connectivity index (χ1v) is 2.15. The summed E-state index contributed by atoms with van der Waals surface area (Å²) in [6.07, 6.45) is 0. The van der Waals surface area contributed by atoms with Crippen LogP contribution in [-0.4, -0.2) is 4.37 Å². The number of nitrogens with one attached hydrogen (secondary N) is 1. The average molecular weight is 88.1 g/mol. The minimum absolute atomic E-state index is 0.773. The molecule has 3 N–H and O–H groups in total. The van der Waals surface area contributed by atoms with Crippen LogP contribution in [0.15, 0.2) is 5.38 Å². The van der Waals surface area contributed by atoms with Crippen LogP contribution in [0.5, 0.6) is 0 Å². The highest BCUT2D eigenvalue weighted by Gasteiger charge is 1.76. The van der Waals surface area contributed by atoms with Crippen LogP contribution in [0.4, 0.5) is 5.82 Å². The average Bonchev–Trinajstić information content (AvgIpc) is 1.30. The van der Waals surface area contributed by atoms with Gasteiger partial charge in [0.1, 0.15) is 5.82 Å². The van der Waals surface area contributed by atoms with Gasteiger partial charge in [0.05, 0.1) is 0 Å². The van der Waals surface area contributed by atoms with Crippen LogP contribution in [0.25, 0.3) is 0 Å². The molecule has 0 spiro atoms. The van der Waals surface area contributed by atoms with Crippen molar-refractivity contribution in [3.8, 4) is 0 Å². The number of H-pyrrole nitrogens is 1. The lowest BCUT2D eigenvalue weighted by Crippen LogP contribution is -1.85. The number of nitrogens with two attached hydrogens (primary N) is 1. The molecule has 2 nitrogen and oxygen atoms in total. The third-order valence-electron chi connectivity index (χ3n) is 0.363. The van der Waals surface area contributed by atoms with Crippen molar-refractivity contribution in [2.45, 2.75) is 0 Å². The van der Waals surface area contributed by atoms with Crippen molar-refractivity contribution in [3.05, 3.63) is 5.38 Å². The van der Waals surface area contributed by atoms with Crippen molar-refractivity contribution in [2.75, 3.05) is 5.73 Å². The van der Waals surface area contributed by atoms with Gasteiger partial charge in [-0.05, 0) is 0 Å². The van der Waals surface area contributed by atoms with Gasteiger partial charge in [0.2, 0.25) is 0 Å². The number of aromatic amines is 1. The van der Waals surface area contributed by atoms with Crippen molar-refractivity contribution in [2.24, 2.45) is 0 Å². The van der Waals surface area contributed by atoms with Gasteiger partial charge >= 0.3 is 0 Å². The van der Waals surface area contributed by atoms with Gasteiger partial charge in [0.15, 0.2) is 0 Å². The molecule has 0 fully saturated rings. The molecule has 0 atom stereocenters. The first-order valence-electron chi connectivity index (χ1n) is 1.27. The Kier molecular flexibility index (Phi) is 0.420. The van der Waals surface area contributed by atoms with Crippen molar-refractivity contribution < 1.29 is 0 Å². The normalized spacial score (nSPS) is 8.80. The second kappa shape index (κ2) is 0.755. The van der Waals surface area contributed by atoms with Gasteiger partial charge < -0.3 is 5.73 Å². The van der Waals surface area contributed by atoms with Gasteiger partial charge in [0.25, 0.3) is 0 Å².